The quantitative estimate of drug-likeness (QED) is 0.295. The molecule has 37 heavy (non-hydrogen) atoms. The maximum atomic E-state index is 14.8. The van der Waals surface area contributed by atoms with E-state index in [1.54, 1.807) is 12.1 Å². The summed E-state index contributed by atoms with van der Waals surface area (Å²) in [5, 5.41) is 22.5. The topological polar surface area (TPSA) is 104 Å². The summed E-state index contributed by atoms with van der Waals surface area (Å²) < 4.78 is 20.2. The van der Waals surface area contributed by atoms with Gasteiger partial charge in [0, 0.05) is 26.1 Å². The fraction of sp³-hybridized carbons (Fsp3) is 0.429. The van der Waals surface area contributed by atoms with Gasteiger partial charge in [-0.15, -0.1) is 0 Å². The number of aliphatic carboxylic acids is 1. The van der Waals surface area contributed by atoms with Crippen molar-refractivity contribution in [3.63, 3.8) is 0 Å². The number of hydrogen-bond acceptors (Lipinski definition) is 7. The minimum atomic E-state index is -0.874. The Morgan fingerprint density at radius 3 is 2.76 bits per heavy atom. The molecule has 0 aliphatic carbocycles. The molecule has 4 rings (SSSR count). The van der Waals surface area contributed by atoms with Gasteiger partial charge in [0.1, 0.15) is 11.5 Å². The van der Waals surface area contributed by atoms with E-state index in [9.17, 15) is 9.18 Å². The molecular formula is C28H34FN5O3. The van der Waals surface area contributed by atoms with E-state index in [0.29, 0.717) is 30.6 Å². The van der Waals surface area contributed by atoms with Gasteiger partial charge in [-0.25, -0.2) is 4.39 Å². The maximum Gasteiger partial charge on any atom is 0.304 e. The minimum Gasteiger partial charge on any atom is -0.481 e. The van der Waals surface area contributed by atoms with Crippen molar-refractivity contribution in [1.29, 1.82) is 0 Å². The predicted molar refractivity (Wildman–Crippen MR) is 140 cm³/mol. The number of unbranched alkanes of at least 4 members (excludes halogenated alkanes) is 2. The Hall–Kier alpha value is -3.59. The Balaban J connectivity index is 1.29. The summed E-state index contributed by atoms with van der Waals surface area (Å²) >= 11 is 0. The number of nitrogens with one attached hydrogen (secondary N) is 1. The van der Waals surface area contributed by atoms with Gasteiger partial charge < -0.3 is 14.9 Å². The van der Waals surface area contributed by atoms with Crippen LogP contribution in [0.15, 0.2) is 58.2 Å². The lowest BCUT2D eigenvalue weighted by Gasteiger charge is -2.21. The summed E-state index contributed by atoms with van der Waals surface area (Å²) in [5.41, 5.74) is 3.09. The fourth-order valence-electron chi connectivity index (χ4n) is 4.57. The first kappa shape index (κ1) is 26.5. The van der Waals surface area contributed by atoms with Gasteiger partial charge in [-0.05, 0) is 49.4 Å². The van der Waals surface area contributed by atoms with Crippen LogP contribution in [-0.4, -0.2) is 51.1 Å². The molecule has 0 radical (unpaired) electrons. The van der Waals surface area contributed by atoms with Gasteiger partial charge in [0.2, 0.25) is 5.82 Å². The Bertz CT molecular complexity index is 1200. The zero-order valence-corrected chi connectivity index (χ0v) is 21.2. The lowest BCUT2D eigenvalue weighted by molar-refractivity contribution is -0.136. The Kier molecular flexibility index (Phi) is 9.37. The molecule has 8 nitrogen and oxygen atoms in total. The highest BCUT2D eigenvalue weighted by Gasteiger charge is 2.29. The molecule has 1 atom stereocenters. The second kappa shape index (κ2) is 13.1. The second-order valence-corrected chi connectivity index (χ2v) is 9.30. The first-order chi connectivity index (χ1) is 18.0. The molecule has 0 saturated carbocycles. The molecule has 0 bridgehead atoms. The number of nitrogens with zero attached hydrogens (tertiary/aromatic N) is 4. The van der Waals surface area contributed by atoms with Crippen LogP contribution in [-0.2, 0) is 17.8 Å². The minimum absolute atomic E-state index is 0.0145. The van der Waals surface area contributed by atoms with Crippen LogP contribution in [0.4, 0.5) is 4.39 Å². The van der Waals surface area contributed by atoms with Crippen LogP contribution in [0.1, 0.15) is 62.5 Å². The summed E-state index contributed by atoms with van der Waals surface area (Å²) in [5.74, 6) is -0.810. The van der Waals surface area contributed by atoms with E-state index >= 15 is 0 Å². The van der Waals surface area contributed by atoms with Gasteiger partial charge in [-0.3, -0.25) is 9.80 Å². The molecule has 0 amide bonds. The average molecular weight is 508 g/mol. The molecule has 2 heterocycles. The van der Waals surface area contributed by atoms with Crippen LogP contribution in [0.5, 0.6) is 0 Å². The number of carbonyl (C=O) groups is 1. The Labute approximate surface area is 216 Å². The fourth-order valence-corrected chi connectivity index (χ4v) is 4.57. The van der Waals surface area contributed by atoms with Gasteiger partial charge >= 0.3 is 5.97 Å². The molecule has 2 aromatic carbocycles. The van der Waals surface area contributed by atoms with Gasteiger partial charge in [0.05, 0.1) is 18.0 Å². The lowest BCUT2D eigenvalue weighted by Crippen LogP contribution is -2.26. The Morgan fingerprint density at radius 1 is 1.16 bits per heavy atom. The molecule has 1 unspecified atom stereocenters. The molecular weight excluding hydrogens is 473 g/mol. The highest BCUT2D eigenvalue weighted by Crippen LogP contribution is 2.26. The second-order valence-electron chi connectivity index (χ2n) is 9.30. The van der Waals surface area contributed by atoms with Crippen molar-refractivity contribution in [2.75, 3.05) is 13.1 Å². The molecule has 1 aromatic heterocycles. The number of hydrazone groups is 1. The lowest BCUT2D eigenvalue weighted by atomic mass is 10.0. The third kappa shape index (κ3) is 7.45. The predicted octanol–water partition coefficient (Wildman–Crippen LogP) is 5.04. The van der Waals surface area contributed by atoms with E-state index in [1.165, 1.54) is 24.5 Å². The van der Waals surface area contributed by atoms with E-state index in [1.807, 2.05) is 6.07 Å². The van der Waals surface area contributed by atoms with Crippen molar-refractivity contribution >= 4 is 11.7 Å². The Morgan fingerprint density at radius 2 is 2.00 bits per heavy atom. The van der Waals surface area contributed by atoms with Gasteiger partial charge in [-0.1, -0.05) is 54.4 Å². The number of hydrogen-bond donors (Lipinski definition) is 2. The van der Waals surface area contributed by atoms with Crippen molar-refractivity contribution in [2.24, 2.45) is 5.10 Å². The van der Waals surface area contributed by atoms with Crippen molar-refractivity contribution in [3.8, 4) is 11.4 Å². The number of halogens is 1. The molecule has 9 heteroatoms. The molecule has 196 valence electrons. The number of carboxylic acid groups (broad SMARTS) is 1. The molecule has 0 spiro atoms. The molecule has 0 fully saturated rings. The number of aryl methyl sites for hydroxylation is 1. The van der Waals surface area contributed by atoms with Crippen molar-refractivity contribution in [2.45, 2.75) is 64.5 Å². The molecule has 2 N–H and O–H groups in total. The van der Waals surface area contributed by atoms with Crippen LogP contribution in [0.25, 0.3) is 11.4 Å². The van der Waals surface area contributed by atoms with Gasteiger partial charge in [0.15, 0.2) is 0 Å². The van der Waals surface area contributed by atoms with E-state index in [4.69, 9.17) is 14.7 Å². The van der Waals surface area contributed by atoms with Crippen molar-refractivity contribution in [3.05, 3.63) is 71.4 Å². The number of benzene rings is 2. The van der Waals surface area contributed by atoms with Gasteiger partial charge in [-0.2, -0.15) is 10.1 Å². The van der Waals surface area contributed by atoms with E-state index in [-0.39, 0.29) is 17.8 Å². The van der Waals surface area contributed by atoms with Crippen LogP contribution in [0.3, 0.4) is 0 Å². The summed E-state index contributed by atoms with van der Waals surface area (Å²) in [4.78, 5) is 15.0. The van der Waals surface area contributed by atoms with Crippen molar-refractivity contribution in [1.82, 2.24) is 20.5 Å². The maximum absolute atomic E-state index is 14.8. The van der Waals surface area contributed by atoms with E-state index < -0.39 is 11.8 Å². The first-order valence-corrected chi connectivity index (χ1v) is 13.0. The standard InChI is InChI=1S/C28H34FN5O3/c1-2-34-22(12-8-4-7-11-20-9-5-3-6-10-20)18-25(32-34)28-31-27(33-37-28)23-14-13-21(17-24(23)29)19-30-16-15-26(35)36/h3,5-6,9-10,13-14,17,22,30H,2,4,7-8,11-12,15-16,18-19H2,1H3,(H,35,36). The van der Waals surface area contributed by atoms with Crippen LogP contribution >= 0.6 is 0 Å². The highest BCUT2D eigenvalue weighted by atomic mass is 19.1. The summed E-state index contributed by atoms with van der Waals surface area (Å²) in [6.07, 6.45) is 6.38. The summed E-state index contributed by atoms with van der Waals surface area (Å²) in [6.45, 7) is 3.58. The van der Waals surface area contributed by atoms with Crippen LogP contribution < -0.4 is 5.32 Å². The first-order valence-electron chi connectivity index (χ1n) is 13.0. The number of rotatable bonds is 14. The third-order valence-electron chi connectivity index (χ3n) is 6.56. The van der Waals surface area contributed by atoms with E-state index in [2.05, 4.69) is 51.7 Å². The third-order valence-corrected chi connectivity index (χ3v) is 6.56. The molecule has 3 aromatic rings. The van der Waals surface area contributed by atoms with Gasteiger partial charge in [0.25, 0.3) is 5.89 Å². The van der Waals surface area contributed by atoms with Crippen LogP contribution in [0, 0.1) is 5.82 Å². The molecule has 1 aliphatic rings. The highest BCUT2D eigenvalue weighted by molar-refractivity contribution is 5.98. The average Bonchev–Trinajstić information content (AvgIpc) is 3.54. The van der Waals surface area contributed by atoms with Crippen LogP contribution in [0.2, 0.25) is 0 Å². The van der Waals surface area contributed by atoms with Crippen molar-refractivity contribution < 1.29 is 18.8 Å². The zero-order valence-electron chi connectivity index (χ0n) is 21.2. The molecule has 1 aliphatic heterocycles. The zero-order chi connectivity index (χ0) is 26.0. The largest absolute Gasteiger partial charge is 0.481 e. The normalized spacial score (nSPS) is 15.2. The number of carboxylic acids is 1. The SMILES string of the molecule is CCN1N=C(c2nc(-c3ccc(CNCCC(=O)O)cc3F)no2)CC1CCCCCc1ccccc1. The smallest absolute Gasteiger partial charge is 0.304 e. The molecule has 0 saturated heterocycles. The summed E-state index contributed by atoms with van der Waals surface area (Å²) in [7, 11) is 0. The number of aromatic nitrogens is 2. The monoisotopic (exact) mass is 507 g/mol. The summed E-state index contributed by atoms with van der Waals surface area (Å²) in [6, 6.07) is 15.7. The van der Waals surface area contributed by atoms with E-state index in [0.717, 1.165) is 37.9 Å².